The van der Waals surface area contributed by atoms with Crippen LogP contribution in [-0.4, -0.2) is 45.9 Å². The van der Waals surface area contributed by atoms with Crippen LogP contribution in [0.4, 0.5) is 4.79 Å². The normalized spacial score (nSPS) is 23.6. The molecule has 2 aliphatic rings. The van der Waals surface area contributed by atoms with Crippen molar-refractivity contribution >= 4 is 6.09 Å². The Bertz CT molecular complexity index is 542. The van der Waals surface area contributed by atoms with Gasteiger partial charge in [0.25, 0.3) is 0 Å². The summed E-state index contributed by atoms with van der Waals surface area (Å²) in [7, 11) is 0. The molecule has 2 heterocycles. The van der Waals surface area contributed by atoms with Gasteiger partial charge in [-0.1, -0.05) is 6.42 Å². The smallest absolute Gasteiger partial charge is 0.410 e. The van der Waals surface area contributed by atoms with Crippen molar-refractivity contribution in [2.45, 2.75) is 71.1 Å². The Morgan fingerprint density at radius 2 is 2.17 bits per heavy atom. The van der Waals surface area contributed by atoms with Gasteiger partial charge < -0.3 is 15.0 Å². The number of rotatable bonds is 3. The zero-order chi connectivity index (χ0) is 17.2. The van der Waals surface area contributed by atoms with Crippen LogP contribution in [0, 0.1) is 5.41 Å². The highest BCUT2D eigenvalue weighted by Gasteiger charge is 2.45. The minimum atomic E-state index is -0.423. The second kappa shape index (κ2) is 6.75. The number of ether oxygens (including phenoxy) is 1. The van der Waals surface area contributed by atoms with E-state index in [1.165, 1.54) is 19.3 Å². The second-order valence-electron chi connectivity index (χ2n) is 8.24. The maximum atomic E-state index is 12.3. The van der Waals surface area contributed by atoms with Gasteiger partial charge in [0.15, 0.2) is 0 Å². The monoisotopic (exact) mass is 334 g/mol. The average Bonchev–Trinajstić information content (AvgIpc) is 3.14. The number of hydrogen-bond acceptors (Lipinski definition) is 4. The summed E-state index contributed by atoms with van der Waals surface area (Å²) in [5.41, 5.74) is 1.04. The number of likely N-dealkylation sites (tertiary alicyclic amines) is 1. The van der Waals surface area contributed by atoms with Crippen molar-refractivity contribution in [3.05, 3.63) is 18.0 Å². The molecule has 1 aromatic rings. The number of carbonyl (C=O) groups is 1. The quantitative estimate of drug-likeness (QED) is 0.891. The molecule has 1 aliphatic heterocycles. The Kier molecular flexibility index (Phi) is 4.85. The summed E-state index contributed by atoms with van der Waals surface area (Å²) >= 11 is 0. The number of piperidine rings is 1. The molecular weight excluding hydrogens is 304 g/mol. The van der Waals surface area contributed by atoms with Crippen LogP contribution in [0.2, 0.25) is 0 Å². The van der Waals surface area contributed by atoms with Crippen LogP contribution in [0.25, 0.3) is 0 Å². The number of H-pyrrole nitrogens is 1. The third kappa shape index (κ3) is 3.91. The number of aromatic amines is 1. The Morgan fingerprint density at radius 3 is 2.79 bits per heavy atom. The maximum absolute atomic E-state index is 12.3. The fraction of sp³-hybridized carbons (Fsp3) is 0.778. The van der Waals surface area contributed by atoms with E-state index >= 15 is 0 Å². The summed E-state index contributed by atoms with van der Waals surface area (Å²) in [6.07, 6.45) is 7.50. The van der Waals surface area contributed by atoms with Crippen molar-refractivity contribution < 1.29 is 9.53 Å². The molecule has 2 fully saturated rings. The highest BCUT2D eigenvalue weighted by Crippen LogP contribution is 2.46. The molecule has 0 aromatic carbocycles. The van der Waals surface area contributed by atoms with E-state index in [9.17, 15) is 4.79 Å². The van der Waals surface area contributed by atoms with Gasteiger partial charge in [0, 0.05) is 37.6 Å². The van der Waals surface area contributed by atoms with Crippen LogP contribution in [-0.2, 0) is 11.3 Å². The summed E-state index contributed by atoms with van der Waals surface area (Å²) in [6, 6.07) is 2.54. The molecule has 1 saturated carbocycles. The first-order chi connectivity index (χ1) is 11.4. The summed E-state index contributed by atoms with van der Waals surface area (Å²) in [6.45, 7) is 8.20. The zero-order valence-corrected chi connectivity index (χ0v) is 15.1. The van der Waals surface area contributed by atoms with Crippen molar-refractivity contribution in [1.82, 2.24) is 20.4 Å². The van der Waals surface area contributed by atoms with Crippen molar-refractivity contribution in [2.75, 3.05) is 13.1 Å². The van der Waals surface area contributed by atoms with E-state index in [1.54, 1.807) is 6.20 Å². The average molecular weight is 334 g/mol. The molecule has 2 N–H and O–H groups in total. The van der Waals surface area contributed by atoms with Crippen LogP contribution >= 0.6 is 0 Å². The highest BCUT2D eigenvalue weighted by atomic mass is 16.6. The van der Waals surface area contributed by atoms with Crippen LogP contribution in [0.5, 0.6) is 0 Å². The molecule has 1 atom stereocenters. The fourth-order valence-electron chi connectivity index (χ4n) is 4.13. The predicted molar refractivity (Wildman–Crippen MR) is 92.5 cm³/mol. The lowest BCUT2D eigenvalue weighted by atomic mass is 9.74. The Balaban J connectivity index is 1.54. The number of hydrogen-bond donors (Lipinski definition) is 2. The van der Waals surface area contributed by atoms with E-state index in [2.05, 4.69) is 15.5 Å². The summed E-state index contributed by atoms with van der Waals surface area (Å²) < 4.78 is 5.51. The summed E-state index contributed by atoms with van der Waals surface area (Å²) in [5.74, 6) is 0. The standard InChI is InChI=1S/C18H30N4O2/c1-17(2,3)24-16(23)22-11-8-18(9-12-22)7-4-5-15(18)19-13-14-6-10-20-21-14/h6,10,15,19H,4-5,7-9,11-13H2,1-3H3,(H,20,21). The molecule has 6 nitrogen and oxygen atoms in total. The van der Waals surface area contributed by atoms with Crippen molar-refractivity contribution in [2.24, 2.45) is 5.41 Å². The number of nitrogens with zero attached hydrogens (tertiary/aromatic N) is 2. The van der Waals surface area contributed by atoms with Crippen molar-refractivity contribution in [3.8, 4) is 0 Å². The van der Waals surface area contributed by atoms with Crippen LogP contribution in [0.15, 0.2) is 12.3 Å². The van der Waals surface area contributed by atoms with Gasteiger partial charge in [0.1, 0.15) is 5.60 Å². The molecule has 1 aliphatic carbocycles. The Morgan fingerprint density at radius 1 is 1.42 bits per heavy atom. The molecule has 1 spiro atoms. The van der Waals surface area contributed by atoms with Gasteiger partial charge in [-0.25, -0.2) is 4.79 Å². The third-order valence-corrected chi connectivity index (χ3v) is 5.41. The molecule has 1 saturated heterocycles. The van der Waals surface area contributed by atoms with Gasteiger partial charge in [-0.2, -0.15) is 5.10 Å². The molecule has 3 rings (SSSR count). The number of amides is 1. The summed E-state index contributed by atoms with van der Waals surface area (Å²) in [4.78, 5) is 14.1. The number of aromatic nitrogens is 2. The molecule has 6 heteroatoms. The van der Waals surface area contributed by atoms with Gasteiger partial charge in [-0.05, 0) is 57.9 Å². The zero-order valence-electron chi connectivity index (χ0n) is 15.1. The minimum Gasteiger partial charge on any atom is -0.444 e. The highest BCUT2D eigenvalue weighted by molar-refractivity contribution is 5.68. The van der Waals surface area contributed by atoms with Gasteiger partial charge in [0.05, 0.1) is 0 Å². The number of carbonyl (C=O) groups excluding carboxylic acids is 1. The van der Waals surface area contributed by atoms with Gasteiger partial charge >= 0.3 is 6.09 Å². The topological polar surface area (TPSA) is 70.2 Å². The molecule has 0 radical (unpaired) electrons. The van der Waals surface area contributed by atoms with Gasteiger partial charge in [0.2, 0.25) is 0 Å². The Labute approximate surface area is 144 Å². The SMILES string of the molecule is CC(C)(C)OC(=O)N1CCC2(CCCC2NCc2ccn[nH]2)CC1. The van der Waals surface area contributed by atoms with Crippen molar-refractivity contribution in [3.63, 3.8) is 0 Å². The fourth-order valence-corrected chi connectivity index (χ4v) is 4.13. The largest absolute Gasteiger partial charge is 0.444 e. The van der Waals surface area contributed by atoms with E-state index in [1.807, 2.05) is 31.7 Å². The van der Waals surface area contributed by atoms with E-state index in [4.69, 9.17) is 4.74 Å². The molecule has 0 bridgehead atoms. The predicted octanol–water partition coefficient (Wildman–Crippen LogP) is 3.07. The van der Waals surface area contributed by atoms with Gasteiger partial charge in [-0.3, -0.25) is 5.10 Å². The molecule has 24 heavy (non-hydrogen) atoms. The number of nitrogens with one attached hydrogen (secondary N) is 2. The van der Waals surface area contributed by atoms with E-state index in [0.29, 0.717) is 11.5 Å². The Hall–Kier alpha value is -1.56. The first-order valence-corrected chi connectivity index (χ1v) is 9.08. The third-order valence-electron chi connectivity index (χ3n) is 5.41. The van der Waals surface area contributed by atoms with Crippen molar-refractivity contribution in [1.29, 1.82) is 0 Å². The first kappa shape index (κ1) is 17.3. The summed E-state index contributed by atoms with van der Waals surface area (Å²) in [5, 5.41) is 10.7. The van der Waals surface area contributed by atoms with E-state index in [-0.39, 0.29) is 6.09 Å². The molecule has 1 aromatic heterocycles. The molecular formula is C18H30N4O2. The minimum absolute atomic E-state index is 0.169. The maximum Gasteiger partial charge on any atom is 0.410 e. The van der Waals surface area contributed by atoms with Crippen LogP contribution in [0.3, 0.4) is 0 Å². The lowest BCUT2D eigenvalue weighted by Crippen LogP contribution is -2.50. The van der Waals surface area contributed by atoms with Crippen LogP contribution < -0.4 is 5.32 Å². The molecule has 1 unspecified atom stereocenters. The van der Waals surface area contributed by atoms with Gasteiger partial charge in [-0.15, -0.1) is 0 Å². The first-order valence-electron chi connectivity index (χ1n) is 9.08. The van der Waals surface area contributed by atoms with E-state index < -0.39 is 5.60 Å². The lowest BCUT2D eigenvalue weighted by molar-refractivity contribution is 0.00717. The molecule has 134 valence electrons. The van der Waals surface area contributed by atoms with E-state index in [0.717, 1.165) is 38.2 Å². The molecule has 1 amide bonds. The van der Waals surface area contributed by atoms with Crippen LogP contribution in [0.1, 0.15) is 58.6 Å². The lowest BCUT2D eigenvalue weighted by Gasteiger charge is -2.43. The second-order valence-corrected chi connectivity index (χ2v) is 8.24.